The van der Waals surface area contributed by atoms with Crippen molar-refractivity contribution in [3.05, 3.63) is 53.7 Å². The first-order valence-corrected chi connectivity index (χ1v) is 7.55. The van der Waals surface area contributed by atoms with E-state index in [9.17, 15) is 4.39 Å². The van der Waals surface area contributed by atoms with Crippen LogP contribution in [0.5, 0.6) is 0 Å². The van der Waals surface area contributed by atoms with Gasteiger partial charge >= 0.3 is 0 Å². The minimum atomic E-state index is -0.206. The number of hydrogen-bond acceptors (Lipinski definition) is 3. The molecule has 112 valence electrons. The third kappa shape index (κ3) is 3.64. The van der Waals surface area contributed by atoms with E-state index in [2.05, 4.69) is 17.1 Å². The Morgan fingerprint density at radius 1 is 1.24 bits per heavy atom. The molecule has 0 amide bonds. The molecule has 2 aromatic rings. The Hall–Kier alpha value is -1.81. The standard InChI is InChI=1S/C17H21FN2O/c1-2-20(16-7-3-14(18)4-8-16)12-17-13(9-10-21-17)11-19-15-5-6-15/h3-4,7-10,15,19H,2,5-6,11-12H2,1H3. The van der Waals surface area contributed by atoms with E-state index in [1.807, 2.05) is 18.2 Å². The first-order chi connectivity index (χ1) is 10.3. The third-order valence-electron chi connectivity index (χ3n) is 3.90. The van der Waals surface area contributed by atoms with Gasteiger partial charge in [-0.2, -0.15) is 0 Å². The number of nitrogens with zero attached hydrogens (tertiary/aromatic N) is 1. The van der Waals surface area contributed by atoms with Crippen molar-refractivity contribution in [1.29, 1.82) is 0 Å². The predicted molar refractivity (Wildman–Crippen MR) is 81.7 cm³/mol. The maximum Gasteiger partial charge on any atom is 0.127 e. The lowest BCUT2D eigenvalue weighted by Crippen LogP contribution is -2.23. The second kappa shape index (κ2) is 6.31. The van der Waals surface area contributed by atoms with Gasteiger partial charge in [0.05, 0.1) is 12.8 Å². The zero-order valence-electron chi connectivity index (χ0n) is 12.3. The van der Waals surface area contributed by atoms with Gasteiger partial charge in [-0.05, 0) is 50.1 Å². The maximum atomic E-state index is 13.0. The molecule has 0 saturated heterocycles. The highest BCUT2D eigenvalue weighted by atomic mass is 19.1. The average Bonchev–Trinajstić information content (AvgIpc) is 3.23. The van der Waals surface area contributed by atoms with E-state index in [-0.39, 0.29) is 5.82 Å². The predicted octanol–water partition coefficient (Wildman–Crippen LogP) is 3.70. The second-order valence-electron chi connectivity index (χ2n) is 5.51. The molecule has 0 spiro atoms. The van der Waals surface area contributed by atoms with Crippen molar-refractivity contribution < 1.29 is 8.81 Å². The van der Waals surface area contributed by atoms with E-state index in [0.717, 1.165) is 24.5 Å². The van der Waals surface area contributed by atoms with Gasteiger partial charge in [-0.1, -0.05) is 0 Å². The largest absolute Gasteiger partial charge is 0.467 e. The van der Waals surface area contributed by atoms with E-state index in [4.69, 9.17) is 4.42 Å². The summed E-state index contributed by atoms with van der Waals surface area (Å²) >= 11 is 0. The van der Waals surface area contributed by atoms with E-state index in [1.165, 1.54) is 30.5 Å². The molecule has 3 nitrogen and oxygen atoms in total. The van der Waals surface area contributed by atoms with Crippen LogP contribution in [0, 0.1) is 5.82 Å². The highest BCUT2D eigenvalue weighted by molar-refractivity contribution is 5.46. The molecule has 1 N–H and O–H groups in total. The lowest BCUT2D eigenvalue weighted by atomic mass is 10.2. The minimum absolute atomic E-state index is 0.206. The molecule has 1 fully saturated rings. The molecule has 21 heavy (non-hydrogen) atoms. The van der Waals surface area contributed by atoms with Crippen molar-refractivity contribution in [2.45, 2.75) is 38.9 Å². The fourth-order valence-corrected chi connectivity index (χ4v) is 2.42. The smallest absolute Gasteiger partial charge is 0.127 e. The number of rotatable bonds is 7. The first-order valence-electron chi connectivity index (χ1n) is 7.55. The van der Waals surface area contributed by atoms with Gasteiger partial charge in [-0.3, -0.25) is 0 Å². The number of anilines is 1. The van der Waals surface area contributed by atoms with Crippen LogP contribution < -0.4 is 10.2 Å². The van der Waals surface area contributed by atoms with Crippen LogP contribution in [0.1, 0.15) is 31.1 Å². The highest BCUT2D eigenvalue weighted by Gasteiger charge is 2.21. The highest BCUT2D eigenvalue weighted by Crippen LogP contribution is 2.22. The second-order valence-corrected chi connectivity index (χ2v) is 5.51. The zero-order valence-corrected chi connectivity index (χ0v) is 12.3. The minimum Gasteiger partial charge on any atom is -0.467 e. The lowest BCUT2D eigenvalue weighted by Gasteiger charge is -2.22. The van der Waals surface area contributed by atoms with Crippen molar-refractivity contribution >= 4 is 5.69 Å². The topological polar surface area (TPSA) is 28.4 Å². The molecule has 1 aliphatic carbocycles. The number of halogens is 1. The molecule has 0 bridgehead atoms. The Morgan fingerprint density at radius 3 is 2.67 bits per heavy atom. The Bertz CT molecular complexity index is 575. The van der Waals surface area contributed by atoms with E-state index < -0.39 is 0 Å². The Morgan fingerprint density at radius 2 is 2.00 bits per heavy atom. The lowest BCUT2D eigenvalue weighted by molar-refractivity contribution is 0.495. The molecular weight excluding hydrogens is 267 g/mol. The van der Waals surface area contributed by atoms with E-state index >= 15 is 0 Å². The summed E-state index contributed by atoms with van der Waals surface area (Å²) in [6.07, 6.45) is 4.31. The van der Waals surface area contributed by atoms with Crippen LogP contribution in [0.15, 0.2) is 41.0 Å². The molecule has 0 atom stereocenters. The number of furan rings is 1. The SMILES string of the molecule is CCN(Cc1occc1CNC1CC1)c1ccc(F)cc1. The summed E-state index contributed by atoms with van der Waals surface area (Å²) in [6.45, 7) is 4.50. The Labute approximate surface area is 124 Å². The summed E-state index contributed by atoms with van der Waals surface area (Å²) in [4.78, 5) is 2.18. The van der Waals surface area contributed by atoms with Crippen LogP contribution in [0.4, 0.5) is 10.1 Å². The van der Waals surface area contributed by atoms with E-state index in [0.29, 0.717) is 12.6 Å². The van der Waals surface area contributed by atoms with Crippen molar-refractivity contribution in [1.82, 2.24) is 5.32 Å². The molecule has 4 heteroatoms. The van der Waals surface area contributed by atoms with Gasteiger partial charge < -0.3 is 14.6 Å². The molecule has 1 aromatic heterocycles. The first kappa shape index (κ1) is 14.1. The third-order valence-corrected chi connectivity index (χ3v) is 3.90. The number of benzene rings is 1. The summed E-state index contributed by atoms with van der Waals surface area (Å²) < 4.78 is 18.7. The molecule has 3 rings (SSSR count). The molecule has 1 saturated carbocycles. The Balaban J connectivity index is 1.68. The quantitative estimate of drug-likeness (QED) is 0.842. The number of nitrogens with one attached hydrogen (secondary N) is 1. The van der Waals surface area contributed by atoms with Crippen LogP contribution in [0.2, 0.25) is 0 Å². The van der Waals surface area contributed by atoms with Crippen molar-refractivity contribution in [3.8, 4) is 0 Å². The molecule has 1 aromatic carbocycles. The fourth-order valence-electron chi connectivity index (χ4n) is 2.42. The summed E-state index contributed by atoms with van der Waals surface area (Å²) in [5.74, 6) is 0.774. The van der Waals surface area contributed by atoms with Crippen LogP contribution in [-0.2, 0) is 13.1 Å². The number of hydrogen-bond donors (Lipinski definition) is 1. The van der Waals surface area contributed by atoms with Crippen molar-refractivity contribution in [3.63, 3.8) is 0 Å². The Kier molecular flexibility index (Phi) is 4.25. The maximum absolute atomic E-state index is 13.0. The van der Waals surface area contributed by atoms with Crippen molar-refractivity contribution in [2.75, 3.05) is 11.4 Å². The summed E-state index contributed by atoms with van der Waals surface area (Å²) in [5, 5.41) is 3.51. The summed E-state index contributed by atoms with van der Waals surface area (Å²) in [7, 11) is 0. The molecule has 0 aliphatic heterocycles. The summed E-state index contributed by atoms with van der Waals surface area (Å²) in [6, 6.07) is 9.33. The average molecular weight is 288 g/mol. The molecule has 0 unspecified atom stereocenters. The van der Waals surface area contributed by atoms with Gasteiger partial charge in [0.15, 0.2) is 0 Å². The van der Waals surface area contributed by atoms with Gasteiger partial charge in [0.2, 0.25) is 0 Å². The fraction of sp³-hybridized carbons (Fsp3) is 0.412. The van der Waals surface area contributed by atoms with Gasteiger partial charge in [0.25, 0.3) is 0 Å². The molecular formula is C17H21FN2O. The van der Waals surface area contributed by atoms with Crippen LogP contribution >= 0.6 is 0 Å². The van der Waals surface area contributed by atoms with Crippen molar-refractivity contribution in [2.24, 2.45) is 0 Å². The van der Waals surface area contributed by atoms with E-state index in [1.54, 1.807) is 6.26 Å². The monoisotopic (exact) mass is 288 g/mol. The van der Waals surface area contributed by atoms with Crippen LogP contribution in [0.25, 0.3) is 0 Å². The van der Waals surface area contributed by atoms with Gasteiger partial charge in [0.1, 0.15) is 11.6 Å². The summed E-state index contributed by atoms with van der Waals surface area (Å²) in [5.41, 5.74) is 2.22. The molecule has 1 aliphatic rings. The normalized spacial score (nSPS) is 14.4. The van der Waals surface area contributed by atoms with Gasteiger partial charge in [-0.15, -0.1) is 0 Å². The molecule has 1 heterocycles. The van der Waals surface area contributed by atoms with Gasteiger partial charge in [0, 0.05) is 30.4 Å². The van der Waals surface area contributed by atoms with Crippen LogP contribution in [-0.4, -0.2) is 12.6 Å². The molecule has 0 radical (unpaired) electrons. The van der Waals surface area contributed by atoms with Crippen LogP contribution in [0.3, 0.4) is 0 Å². The van der Waals surface area contributed by atoms with Gasteiger partial charge in [-0.25, -0.2) is 4.39 Å². The zero-order chi connectivity index (χ0) is 14.7.